The van der Waals surface area contributed by atoms with Gasteiger partial charge in [0.05, 0.1) is 11.2 Å². The fraction of sp³-hybridized carbons (Fsp3) is 0.286. The van der Waals surface area contributed by atoms with Gasteiger partial charge in [0, 0.05) is 29.8 Å². The molecule has 1 unspecified atom stereocenters. The summed E-state index contributed by atoms with van der Waals surface area (Å²) in [6, 6.07) is 9.22. The lowest BCUT2D eigenvalue weighted by Crippen LogP contribution is -2.36. The zero-order valence-corrected chi connectivity index (χ0v) is 16.5. The maximum absolute atomic E-state index is 13.2. The monoisotopic (exact) mass is 405 g/mol. The number of carbonyl (C=O) groups excluding carboxylic acids is 1. The molecule has 9 nitrogen and oxygen atoms in total. The first-order chi connectivity index (χ1) is 14.3. The zero-order valence-electron chi connectivity index (χ0n) is 16.5. The van der Waals surface area contributed by atoms with Crippen LogP contribution in [0.2, 0.25) is 0 Å². The molecule has 0 spiro atoms. The minimum Gasteiger partial charge on any atom is -0.461 e. The van der Waals surface area contributed by atoms with E-state index in [1.54, 1.807) is 28.9 Å². The number of rotatable bonds is 3. The number of nitro groups is 1. The predicted molar refractivity (Wildman–Crippen MR) is 108 cm³/mol. The molecule has 1 atom stereocenters. The number of allylic oxidation sites excluding steroid dienone is 2. The SMILES string of the molecule is CC1(C)CC(=O)C2=C(C1)Nc1nc(-c3ccco3)nn1C2c1cccc([N+](=O)[O-])c1. The van der Waals surface area contributed by atoms with Gasteiger partial charge in [-0.25, -0.2) is 4.68 Å². The molecular weight excluding hydrogens is 386 g/mol. The van der Waals surface area contributed by atoms with Crippen molar-refractivity contribution in [2.24, 2.45) is 5.41 Å². The summed E-state index contributed by atoms with van der Waals surface area (Å²) in [5.41, 5.74) is 1.76. The van der Waals surface area contributed by atoms with Crippen molar-refractivity contribution < 1.29 is 14.1 Å². The average Bonchev–Trinajstić information content (AvgIpc) is 3.34. The van der Waals surface area contributed by atoms with Gasteiger partial charge in [0.15, 0.2) is 11.5 Å². The normalized spacial score (nSPS) is 19.8. The van der Waals surface area contributed by atoms with Crippen molar-refractivity contribution in [2.45, 2.75) is 32.7 Å². The number of nitrogens with one attached hydrogen (secondary N) is 1. The molecule has 2 aliphatic rings. The van der Waals surface area contributed by atoms with Crippen molar-refractivity contribution in [2.75, 3.05) is 5.32 Å². The number of carbonyl (C=O) groups is 1. The largest absolute Gasteiger partial charge is 0.461 e. The molecule has 1 aliphatic heterocycles. The summed E-state index contributed by atoms with van der Waals surface area (Å²) in [7, 11) is 0. The van der Waals surface area contributed by atoms with Gasteiger partial charge in [-0.05, 0) is 29.5 Å². The molecule has 0 saturated heterocycles. The number of fused-ring (bicyclic) bond motifs is 1. The van der Waals surface area contributed by atoms with Gasteiger partial charge in [0.2, 0.25) is 11.8 Å². The highest BCUT2D eigenvalue weighted by Gasteiger charge is 2.42. The van der Waals surface area contributed by atoms with E-state index in [4.69, 9.17) is 4.42 Å². The van der Waals surface area contributed by atoms with Gasteiger partial charge in [-0.1, -0.05) is 26.0 Å². The molecule has 0 fully saturated rings. The molecule has 3 heterocycles. The molecule has 0 amide bonds. The quantitative estimate of drug-likeness (QED) is 0.515. The minimum atomic E-state index is -0.601. The Labute approximate surface area is 171 Å². The molecule has 2 aromatic heterocycles. The topological polar surface area (TPSA) is 116 Å². The maximum atomic E-state index is 13.2. The van der Waals surface area contributed by atoms with Crippen LogP contribution in [-0.2, 0) is 4.79 Å². The number of nitro benzene ring substituents is 1. The first kappa shape index (κ1) is 18.3. The summed E-state index contributed by atoms with van der Waals surface area (Å²) in [4.78, 5) is 28.6. The van der Waals surface area contributed by atoms with Crippen molar-refractivity contribution in [1.82, 2.24) is 14.8 Å². The third-order valence-corrected chi connectivity index (χ3v) is 5.47. The van der Waals surface area contributed by atoms with E-state index in [1.165, 1.54) is 18.4 Å². The van der Waals surface area contributed by atoms with E-state index in [0.717, 1.165) is 5.70 Å². The Kier molecular flexibility index (Phi) is 3.89. The lowest BCUT2D eigenvalue weighted by Gasteiger charge is -2.38. The number of hydrogen-bond acceptors (Lipinski definition) is 7. The summed E-state index contributed by atoms with van der Waals surface area (Å²) < 4.78 is 7.04. The Bertz CT molecular complexity index is 1210. The molecule has 1 aliphatic carbocycles. The Hall–Kier alpha value is -3.75. The third kappa shape index (κ3) is 2.90. The third-order valence-electron chi connectivity index (χ3n) is 5.47. The molecule has 5 rings (SSSR count). The molecule has 3 aromatic rings. The Morgan fingerprint density at radius 2 is 2.10 bits per heavy atom. The molecule has 1 aromatic carbocycles. The second-order valence-corrected chi connectivity index (χ2v) is 8.39. The van der Waals surface area contributed by atoms with Crippen LogP contribution in [0.3, 0.4) is 0 Å². The molecule has 0 saturated carbocycles. The highest BCUT2D eigenvalue weighted by Crippen LogP contribution is 2.46. The van der Waals surface area contributed by atoms with Gasteiger partial charge in [0.1, 0.15) is 6.04 Å². The van der Waals surface area contributed by atoms with Crippen LogP contribution in [-0.4, -0.2) is 25.5 Å². The van der Waals surface area contributed by atoms with Crippen LogP contribution < -0.4 is 5.32 Å². The van der Waals surface area contributed by atoms with Crippen molar-refractivity contribution in [3.8, 4) is 11.6 Å². The number of anilines is 1. The molecule has 9 heteroatoms. The van der Waals surface area contributed by atoms with Crippen LogP contribution in [0.5, 0.6) is 0 Å². The smallest absolute Gasteiger partial charge is 0.269 e. The number of ketones is 1. The molecule has 152 valence electrons. The Balaban J connectivity index is 1.71. The molecule has 0 radical (unpaired) electrons. The van der Waals surface area contributed by atoms with E-state index in [0.29, 0.717) is 41.5 Å². The Morgan fingerprint density at radius 3 is 2.83 bits per heavy atom. The Morgan fingerprint density at radius 1 is 1.27 bits per heavy atom. The number of furan rings is 1. The van der Waals surface area contributed by atoms with E-state index in [1.807, 2.05) is 13.8 Å². The summed E-state index contributed by atoms with van der Waals surface area (Å²) in [5, 5.41) is 19.2. The van der Waals surface area contributed by atoms with E-state index in [2.05, 4.69) is 15.4 Å². The van der Waals surface area contributed by atoms with Crippen LogP contribution in [0.1, 0.15) is 38.3 Å². The van der Waals surface area contributed by atoms with Crippen LogP contribution >= 0.6 is 0 Å². The predicted octanol–water partition coefficient (Wildman–Crippen LogP) is 4.10. The van der Waals surface area contributed by atoms with E-state index >= 15 is 0 Å². The van der Waals surface area contributed by atoms with Crippen LogP contribution in [0, 0.1) is 15.5 Å². The highest BCUT2D eigenvalue weighted by molar-refractivity contribution is 6.00. The number of aromatic nitrogens is 3. The van der Waals surface area contributed by atoms with Crippen LogP contribution in [0.15, 0.2) is 58.3 Å². The standard InChI is InChI=1S/C21H19N5O4/c1-21(2)10-14-17(15(27)11-21)18(12-5-3-6-13(9-12)26(28)29)25-20(22-14)23-19(24-25)16-7-4-8-30-16/h3-9,18H,10-11H2,1-2H3,(H,22,23,24). The number of hydrogen-bond donors (Lipinski definition) is 1. The van der Waals surface area contributed by atoms with Gasteiger partial charge in [0.25, 0.3) is 5.69 Å². The number of benzene rings is 1. The fourth-order valence-electron chi connectivity index (χ4n) is 4.24. The fourth-order valence-corrected chi connectivity index (χ4v) is 4.24. The van der Waals surface area contributed by atoms with Gasteiger partial charge >= 0.3 is 0 Å². The second-order valence-electron chi connectivity index (χ2n) is 8.39. The molecule has 1 N–H and O–H groups in total. The average molecular weight is 405 g/mol. The number of Topliss-reactive ketones (excluding diaryl/α,β-unsaturated/α-hetero) is 1. The van der Waals surface area contributed by atoms with Gasteiger partial charge < -0.3 is 9.73 Å². The van der Waals surface area contributed by atoms with Crippen molar-refractivity contribution in [3.05, 3.63) is 69.6 Å². The molecular formula is C21H19N5O4. The highest BCUT2D eigenvalue weighted by atomic mass is 16.6. The van der Waals surface area contributed by atoms with E-state index in [-0.39, 0.29) is 16.9 Å². The minimum absolute atomic E-state index is 0.00551. The summed E-state index contributed by atoms with van der Waals surface area (Å²) >= 11 is 0. The molecule has 30 heavy (non-hydrogen) atoms. The lowest BCUT2D eigenvalue weighted by atomic mass is 9.73. The van der Waals surface area contributed by atoms with Crippen molar-refractivity contribution in [3.63, 3.8) is 0 Å². The van der Waals surface area contributed by atoms with Crippen molar-refractivity contribution >= 4 is 17.4 Å². The second kappa shape index (κ2) is 6.38. The van der Waals surface area contributed by atoms with Gasteiger partial charge in [-0.2, -0.15) is 4.98 Å². The van der Waals surface area contributed by atoms with Crippen LogP contribution in [0.4, 0.5) is 11.6 Å². The maximum Gasteiger partial charge on any atom is 0.269 e. The van der Waals surface area contributed by atoms with E-state index < -0.39 is 11.0 Å². The lowest BCUT2D eigenvalue weighted by molar-refractivity contribution is -0.384. The number of nitrogens with zero attached hydrogens (tertiary/aromatic N) is 4. The summed E-state index contributed by atoms with van der Waals surface area (Å²) in [6.07, 6.45) is 2.60. The molecule has 0 bridgehead atoms. The van der Waals surface area contributed by atoms with E-state index in [9.17, 15) is 14.9 Å². The van der Waals surface area contributed by atoms with Crippen molar-refractivity contribution in [1.29, 1.82) is 0 Å². The summed E-state index contributed by atoms with van der Waals surface area (Å²) in [5.74, 6) is 1.36. The summed E-state index contributed by atoms with van der Waals surface area (Å²) in [6.45, 7) is 4.10. The van der Waals surface area contributed by atoms with Gasteiger partial charge in [-0.15, -0.1) is 5.10 Å². The van der Waals surface area contributed by atoms with Crippen LogP contribution in [0.25, 0.3) is 11.6 Å². The first-order valence-corrected chi connectivity index (χ1v) is 9.60. The first-order valence-electron chi connectivity index (χ1n) is 9.60. The zero-order chi connectivity index (χ0) is 21.0. The number of non-ortho nitro benzene ring substituents is 1. The van der Waals surface area contributed by atoms with Gasteiger partial charge in [-0.3, -0.25) is 14.9 Å².